The molecular weight excluding hydrogens is 711 g/mol. The summed E-state index contributed by atoms with van der Waals surface area (Å²) in [5, 5.41) is 24.5. The van der Waals surface area contributed by atoms with Gasteiger partial charge in [-0.3, -0.25) is 9.36 Å². The van der Waals surface area contributed by atoms with Gasteiger partial charge in [0.15, 0.2) is 0 Å². The van der Waals surface area contributed by atoms with Crippen LogP contribution in [0.5, 0.6) is 0 Å². The molecular formula is C45H81N2O7P. The molecule has 0 spiro atoms. The van der Waals surface area contributed by atoms with Crippen molar-refractivity contribution in [1.82, 2.24) is 5.32 Å². The maximum atomic E-state index is 12.9. The van der Waals surface area contributed by atoms with Crippen molar-refractivity contribution in [3.05, 3.63) is 72.9 Å². The summed E-state index contributed by atoms with van der Waals surface area (Å²) in [4.78, 5) is 25.3. The predicted octanol–water partition coefficient (Wildman–Crippen LogP) is 9.97. The summed E-state index contributed by atoms with van der Waals surface area (Å²) < 4.78 is 23.1. The molecule has 0 aliphatic rings. The summed E-state index contributed by atoms with van der Waals surface area (Å²) in [6.45, 7) is 4.22. The fourth-order valence-electron chi connectivity index (χ4n) is 5.55. The van der Waals surface area contributed by atoms with Crippen LogP contribution < -0.4 is 10.2 Å². The van der Waals surface area contributed by atoms with Crippen LogP contribution in [0.2, 0.25) is 0 Å². The molecule has 0 fully saturated rings. The van der Waals surface area contributed by atoms with Crippen molar-refractivity contribution in [2.45, 2.75) is 167 Å². The van der Waals surface area contributed by atoms with Gasteiger partial charge in [-0.1, -0.05) is 125 Å². The number of rotatable bonds is 37. The Balaban J connectivity index is 4.60. The van der Waals surface area contributed by atoms with Crippen molar-refractivity contribution >= 4 is 13.7 Å². The minimum Gasteiger partial charge on any atom is -0.756 e. The molecule has 0 bridgehead atoms. The van der Waals surface area contributed by atoms with Gasteiger partial charge in [0.05, 0.1) is 39.9 Å². The SMILES string of the molecule is CC/C=C\C/C=C\C/C=C\C/C=C\CCCCCCCCC(=O)NC(COP(=O)([O-])OCC[N+](C)(C)C)C(O)C(O)CCC/C=C/CC/C=C/CCCCC. The fourth-order valence-corrected chi connectivity index (χ4v) is 6.28. The summed E-state index contributed by atoms with van der Waals surface area (Å²) in [6, 6.07) is -1.11. The van der Waals surface area contributed by atoms with Crippen LogP contribution >= 0.6 is 7.82 Å². The Morgan fingerprint density at radius 2 is 1.16 bits per heavy atom. The molecule has 4 unspecified atom stereocenters. The van der Waals surface area contributed by atoms with E-state index in [1.807, 2.05) is 21.1 Å². The number of nitrogens with one attached hydrogen (secondary N) is 1. The highest BCUT2D eigenvalue weighted by Crippen LogP contribution is 2.38. The molecule has 0 rings (SSSR count). The Bertz CT molecular complexity index is 1140. The quantitative estimate of drug-likeness (QED) is 0.0247. The normalized spacial score (nSPS) is 15.7. The zero-order valence-electron chi connectivity index (χ0n) is 35.5. The first kappa shape index (κ1) is 52.9. The monoisotopic (exact) mass is 793 g/mol. The van der Waals surface area contributed by atoms with E-state index in [1.54, 1.807) is 0 Å². The maximum Gasteiger partial charge on any atom is 0.268 e. The van der Waals surface area contributed by atoms with E-state index in [2.05, 4.69) is 92.1 Å². The first-order valence-electron chi connectivity index (χ1n) is 21.4. The van der Waals surface area contributed by atoms with Crippen LogP contribution in [0, 0.1) is 0 Å². The lowest BCUT2D eigenvalue weighted by Crippen LogP contribution is -2.51. The van der Waals surface area contributed by atoms with Crippen molar-refractivity contribution in [3.8, 4) is 0 Å². The molecule has 0 aromatic heterocycles. The Morgan fingerprint density at radius 3 is 1.75 bits per heavy atom. The number of hydrogen-bond donors (Lipinski definition) is 3. The lowest BCUT2D eigenvalue weighted by Gasteiger charge is -2.31. The number of likely N-dealkylation sites (N-methyl/N-ethyl adjacent to an activating group) is 1. The topological polar surface area (TPSA) is 128 Å². The van der Waals surface area contributed by atoms with E-state index in [9.17, 15) is 24.5 Å². The number of unbranched alkanes of at least 4 members (excludes halogenated alkanes) is 11. The molecule has 0 radical (unpaired) electrons. The molecule has 10 heteroatoms. The average molecular weight is 793 g/mol. The van der Waals surface area contributed by atoms with Gasteiger partial charge in [-0.25, -0.2) is 0 Å². The largest absolute Gasteiger partial charge is 0.756 e. The highest BCUT2D eigenvalue weighted by molar-refractivity contribution is 7.45. The third kappa shape index (κ3) is 37.3. The van der Waals surface area contributed by atoms with Crippen LogP contribution in [0.15, 0.2) is 72.9 Å². The van der Waals surface area contributed by atoms with Crippen molar-refractivity contribution in [2.75, 3.05) is 40.9 Å². The molecule has 55 heavy (non-hydrogen) atoms. The van der Waals surface area contributed by atoms with Gasteiger partial charge in [0.2, 0.25) is 5.91 Å². The number of aliphatic hydroxyl groups is 2. The fraction of sp³-hybridized carbons (Fsp3) is 0.711. The second-order valence-corrected chi connectivity index (χ2v) is 16.8. The van der Waals surface area contributed by atoms with Crippen LogP contribution in [0.4, 0.5) is 0 Å². The Labute approximate surface area is 336 Å². The molecule has 0 aliphatic carbocycles. The number of carbonyl (C=O) groups excluding carboxylic acids is 1. The number of nitrogens with zero attached hydrogens (tertiary/aromatic N) is 1. The molecule has 4 atom stereocenters. The molecule has 0 aromatic rings. The molecule has 0 saturated heterocycles. The lowest BCUT2D eigenvalue weighted by molar-refractivity contribution is -0.870. The first-order valence-corrected chi connectivity index (χ1v) is 22.8. The second kappa shape index (κ2) is 36.3. The number of carbonyl (C=O) groups is 1. The van der Waals surface area contributed by atoms with Crippen molar-refractivity contribution in [3.63, 3.8) is 0 Å². The zero-order valence-corrected chi connectivity index (χ0v) is 36.4. The van der Waals surface area contributed by atoms with E-state index < -0.39 is 32.7 Å². The van der Waals surface area contributed by atoms with Crippen LogP contribution in [0.25, 0.3) is 0 Å². The number of phosphoric ester groups is 1. The Morgan fingerprint density at radius 1 is 0.673 bits per heavy atom. The van der Waals surface area contributed by atoms with Gasteiger partial charge in [-0.15, -0.1) is 0 Å². The molecule has 318 valence electrons. The van der Waals surface area contributed by atoms with Gasteiger partial charge in [0.1, 0.15) is 19.3 Å². The van der Waals surface area contributed by atoms with Crippen LogP contribution in [0.3, 0.4) is 0 Å². The third-order valence-electron chi connectivity index (χ3n) is 9.00. The average Bonchev–Trinajstić information content (AvgIpc) is 3.13. The van der Waals surface area contributed by atoms with Gasteiger partial charge in [0, 0.05) is 6.42 Å². The number of phosphoric acid groups is 1. The smallest absolute Gasteiger partial charge is 0.268 e. The summed E-state index contributed by atoms with van der Waals surface area (Å²) >= 11 is 0. The van der Waals surface area contributed by atoms with Crippen molar-refractivity contribution in [2.24, 2.45) is 0 Å². The van der Waals surface area contributed by atoms with Gasteiger partial charge >= 0.3 is 0 Å². The van der Waals surface area contributed by atoms with Gasteiger partial charge in [-0.05, 0) is 89.9 Å². The molecule has 0 saturated carbocycles. The van der Waals surface area contributed by atoms with E-state index >= 15 is 0 Å². The lowest BCUT2D eigenvalue weighted by atomic mass is 10.0. The van der Waals surface area contributed by atoms with E-state index in [1.165, 1.54) is 19.3 Å². The van der Waals surface area contributed by atoms with E-state index in [-0.39, 0.29) is 18.9 Å². The van der Waals surface area contributed by atoms with Crippen LogP contribution in [-0.4, -0.2) is 79.8 Å². The number of amides is 1. The van der Waals surface area contributed by atoms with E-state index in [0.717, 1.165) is 89.9 Å². The minimum atomic E-state index is -4.68. The summed E-state index contributed by atoms with van der Waals surface area (Å²) in [5.74, 6) is -0.312. The van der Waals surface area contributed by atoms with E-state index in [0.29, 0.717) is 30.3 Å². The van der Waals surface area contributed by atoms with Crippen LogP contribution in [-0.2, 0) is 18.4 Å². The number of allylic oxidation sites excluding steroid dienone is 12. The maximum absolute atomic E-state index is 12.9. The van der Waals surface area contributed by atoms with Gasteiger partial charge < -0.3 is 34.0 Å². The van der Waals surface area contributed by atoms with Gasteiger partial charge in [0.25, 0.3) is 7.82 Å². The zero-order chi connectivity index (χ0) is 40.9. The third-order valence-corrected chi connectivity index (χ3v) is 9.96. The Kier molecular flexibility index (Phi) is 34.9. The molecule has 0 heterocycles. The number of quaternary nitrogens is 1. The molecule has 0 aromatic carbocycles. The highest BCUT2D eigenvalue weighted by atomic mass is 31.2. The van der Waals surface area contributed by atoms with Crippen LogP contribution in [0.1, 0.15) is 149 Å². The summed E-state index contributed by atoms with van der Waals surface area (Å²) in [5.41, 5.74) is 0. The van der Waals surface area contributed by atoms with Gasteiger partial charge in [-0.2, -0.15) is 0 Å². The van der Waals surface area contributed by atoms with E-state index in [4.69, 9.17) is 9.05 Å². The summed E-state index contributed by atoms with van der Waals surface area (Å²) in [6.07, 6.45) is 43.7. The minimum absolute atomic E-state index is 0.0559. The van der Waals surface area contributed by atoms with Crippen molar-refractivity contribution in [1.29, 1.82) is 0 Å². The first-order chi connectivity index (χ1) is 26.4. The van der Waals surface area contributed by atoms with Crippen molar-refractivity contribution < 1.29 is 38.0 Å². The number of hydrogen-bond acceptors (Lipinski definition) is 7. The molecule has 1 amide bonds. The molecule has 3 N–H and O–H groups in total. The standard InChI is InChI=1S/C45H81N2O7P/c1-6-8-10-12-14-16-18-20-21-22-23-24-25-26-28-30-32-34-36-38-44(49)46-42(41-54-55(51,52)53-40-39-47(3,4)5)45(50)43(48)37-35-33-31-29-27-19-17-15-13-11-9-7-2/h8,10,14-17,20-21,23-24,29,31,42-43,45,48,50H,6-7,9,11-13,18-19,22,25-28,30,32-41H2,1-5H3,(H-,46,49,51,52)/b10-8-,16-14-,17-15+,21-20-,24-23-,31-29+. The highest BCUT2D eigenvalue weighted by Gasteiger charge is 2.29. The molecule has 0 aliphatic heterocycles. The Hall–Kier alpha value is -2.10. The molecule has 9 nitrogen and oxygen atoms in total. The second-order valence-electron chi connectivity index (χ2n) is 15.4. The predicted molar refractivity (Wildman–Crippen MR) is 229 cm³/mol. The number of aliphatic hydroxyl groups excluding tert-OH is 2. The summed E-state index contributed by atoms with van der Waals surface area (Å²) in [7, 11) is 1.07.